The summed E-state index contributed by atoms with van der Waals surface area (Å²) in [6.45, 7) is 2.04. The van der Waals surface area contributed by atoms with Crippen molar-refractivity contribution in [1.29, 1.82) is 0 Å². The zero-order valence-electron chi connectivity index (χ0n) is 9.12. The highest BCUT2D eigenvalue weighted by atomic mass is 79.9. The molecule has 0 unspecified atom stereocenters. The van der Waals surface area contributed by atoms with E-state index in [2.05, 4.69) is 21.2 Å². The summed E-state index contributed by atoms with van der Waals surface area (Å²) in [5, 5.41) is 2.48. The van der Waals surface area contributed by atoms with Gasteiger partial charge in [-0.15, -0.1) is 6.42 Å². The first-order chi connectivity index (χ1) is 8.08. The molecule has 0 saturated heterocycles. The van der Waals surface area contributed by atoms with Crippen LogP contribution < -0.4 is 5.32 Å². The van der Waals surface area contributed by atoms with Crippen LogP contribution in [0.5, 0.6) is 0 Å². The number of halogens is 1. The molecule has 17 heavy (non-hydrogen) atoms. The molecule has 1 amide bonds. The van der Waals surface area contributed by atoms with Gasteiger partial charge in [-0.2, -0.15) is 0 Å². The SMILES string of the molecule is C#CC(=O)Nc1ccc(C(=O)OCC)cc1Br. The van der Waals surface area contributed by atoms with Gasteiger partial charge in [-0.05, 0) is 47.0 Å². The quantitative estimate of drug-likeness (QED) is 0.687. The van der Waals surface area contributed by atoms with Gasteiger partial charge in [-0.3, -0.25) is 4.79 Å². The first-order valence-corrected chi connectivity index (χ1v) is 5.62. The van der Waals surface area contributed by atoms with Crippen molar-refractivity contribution < 1.29 is 14.3 Å². The molecule has 1 aromatic rings. The van der Waals surface area contributed by atoms with Gasteiger partial charge < -0.3 is 10.1 Å². The van der Waals surface area contributed by atoms with Crippen LogP contribution in [0.4, 0.5) is 5.69 Å². The average molecular weight is 296 g/mol. The smallest absolute Gasteiger partial charge is 0.338 e. The van der Waals surface area contributed by atoms with Crippen LogP contribution in [-0.4, -0.2) is 18.5 Å². The zero-order valence-corrected chi connectivity index (χ0v) is 10.7. The van der Waals surface area contributed by atoms with Gasteiger partial charge in [0.15, 0.2) is 0 Å². The predicted molar refractivity (Wildman–Crippen MR) is 67.6 cm³/mol. The van der Waals surface area contributed by atoms with E-state index in [4.69, 9.17) is 11.2 Å². The minimum Gasteiger partial charge on any atom is -0.462 e. The van der Waals surface area contributed by atoms with Gasteiger partial charge in [-0.25, -0.2) is 4.79 Å². The second kappa shape index (κ2) is 6.06. The monoisotopic (exact) mass is 295 g/mol. The Balaban J connectivity index is 2.90. The van der Waals surface area contributed by atoms with Gasteiger partial charge in [0.2, 0.25) is 0 Å². The molecule has 88 valence electrons. The first-order valence-electron chi connectivity index (χ1n) is 4.82. The Kier molecular flexibility index (Phi) is 4.73. The lowest BCUT2D eigenvalue weighted by molar-refractivity contribution is -0.111. The number of anilines is 1. The van der Waals surface area contributed by atoms with Crippen LogP contribution >= 0.6 is 15.9 Å². The lowest BCUT2D eigenvalue weighted by Crippen LogP contribution is -2.09. The molecule has 1 N–H and O–H groups in total. The van der Waals surface area contributed by atoms with Crippen molar-refractivity contribution in [2.45, 2.75) is 6.92 Å². The van der Waals surface area contributed by atoms with Crippen LogP contribution in [0.3, 0.4) is 0 Å². The molecule has 0 saturated carbocycles. The molecule has 0 fully saturated rings. The molecule has 0 aliphatic carbocycles. The third-order valence-electron chi connectivity index (χ3n) is 1.86. The minimum absolute atomic E-state index is 0.312. The van der Waals surface area contributed by atoms with Crippen molar-refractivity contribution in [2.75, 3.05) is 11.9 Å². The van der Waals surface area contributed by atoms with E-state index in [0.717, 1.165) is 0 Å². The predicted octanol–water partition coefficient (Wildman–Crippen LogP) is 2.20. The molecule has 0 aliphatic heterocycles. The van der Waals surface area contributed by atoms with E-state index in [1.807, 2.05) is 5.92 Å². The number of ether oxygens (including phenoxy) is 1. The van der Waals surface area contributed by atoms with E-state index in [1.54, 1.807) is 25.1 Å². The van der Waals surface area contributed by atoms with Crippen LogP contribution in [0.15, 0.2) is 22.7 Å². The third-order valence-corrected chi connectivity index (χ3v) is 2.52. The normalized spacial score (nSPS) is 9.24. The fraction of sp³-hybridized carbons (Fsp3) is 0.167. The van der Waals surface area contributed by atoms with E-state index in [1.165, 1.54) is 0 Å². The van der Waals surface area contributed by atoms with Crippen LogP contribution in [0.25, 0.3) is 0 Å². The molecule has 1 rings (SSSR count). The van der Waals surface area contributed by atoms with Gasteiger partial charge in [0, 0.05) is 4.47 Å². The number of hydrogen-bond donors (Lipinski definition) is 1. The summed E-state index contributed by atoms with van der Waals surface area (Å²) in [5.41, 5.74) is 0.901. The summed E-state index contributed by atoms with van der Waals surface area (Å²) in [6, 6.07) is 4.69. The lowest BCUT2D eigenvalue weighted by Gasteiger charge is -2.06. The molecule has 0 bridgehead atoms. The number of benzene rings is 1. The summed E-state index contributed by atoms with van der Waals surface area (Å²) in [6.07, 6.45) is 4.94. The van der Waals surface area contributed by atoms with Crippen LogP contribution in [-0.2, 0) is 9.53 Å². The fourth-order valence-electron chi connectivity index (χ4n) is 1.12. The molecular weight excluding hydrogens is 286 g/mol. The van der Waals surface area contributed by atoms with Crippen LogP contribution in [0.2, 0.25) is 0 Å². The van der Waals surface area contributed by atoms with Gasteiger partial charge in [0.05, 0.1) is 17.9 Å². The highest BCUT2D eigenvalue weighted by molar-refractivity contribution is 9.10. The standard InChI is InChI=1S/C12H10BrNO3/c1-3-11(15)14-10-6-5-8(7-9(10)13)12(16)17-4-2/h1,5-7H,4H2,2H3,(H,14,15). The number of rotatable bonds is 3. The molecule has 0 radical (unpaired) electrons. The third kappa shape index (κ3) is 3.61. The Morgan fingerprint density at radius 2 is 2.24 bits per heavy atom. The molecule has 0 atom stereocenters. The Bertz CT molecular complexity index is 491. The lowest BCUT2D eigenvalue weighted by atomic mass is 10.2. The van der Waals surface area contributed by atoms with Gasteiger partial charge >= 0.3 is 5.97 Å². The Morgan fingerprint density at radius 1 is 1.53 bits per heavy atom. The summed E-state index contributed by atoms with van der Waals surface area (Å²) >= 11 is 3.23. The fourth-order valence-corrected chi connectivity index (χ4v) is 1.59. The van der Waals surface area contributed by atoms with Crippen molar-refractivity contribution >= 4 is 33.5 Å². The molecule has 4 nitrogen and oxygen atoms in total. The number of carbonyl (C=O) groups excluding carboxylic acids is 2. The number of terminal acetylenes is 1. The maximum Gasteiger partial charge on any atom is 0.338 e. The highest BCUT2D eigenvalue weighted by Gasteiger charge is 2.10. The Morgan fingerprint density at radius 3 is 2.76 bits per heavy atom. The highest BCUT2D eigenvalue weighted by Crippen LogP contribution is 2.23. The largest absolute Gasteiger partial charge is 0.462 e. The van der Waals surface area contributed by atoms with E-state index in [0.29, 0.717) is 22.3 Å². The van der Waals surface area contributed by atoms with Crippen LogP contribution in [0.1, 0.15) is 17.3 Å². The molecule has 1 aromatic carbocycles. The van der Waals surface area contributed by atoms with Crippen molar-refractivity contribution in [3.63, 3.8) is 0 Å². The number of esters is 1. The molecular formula is C12H10BrNO3. The van der Waals surface area contributed by atoms with Crippen LogP contribution in [0, 0.1) is 12.3 Å². The van der Waals surface area contributed by atoms with E-state index in [-0.39, 0.29) is 0 Å². The second-order valence-corrected chi connectivity index (χ2v) is 3.87. The van der Waals surface area contributed by atoms with Crippen molar-refractivity contribution in [3.05, 3.63) is 28.2 Å². The van der Waals surface area contributed by atoms with Crippen molar-refractivity contribution in [3.8, 4) is 12.3 Å². The summed E-state index contributed by atoms with van der Waals surface area (Å²) < 4.78 is 5.41. The summed E-state index contributed by atoms with van der Waals surface area (Å²) in [7, 11) is 0. The number of nitrogens with one attached hydrogen (secondary N) is 1. The second-order valence-electron chi connectivity index (χ2n) is 3.01. The van der Waals surface area contributed by atoms with E-state index < -0.39 is 11.9 Å². The number of carbonyl (C=O) groups is 2. The zero-order chi connectivity index (χ0) is 12.8. The molecule has 0 aromatic heterocycles. The maximum atomic E-state index is 11.4. The van der Waals surface area contributed by atoms with Gasteiger partial charge in [0.25, 0.3) is 5.91 Å². The Labute approximate surface area is 107 Å². The topological polar surface area (TPSA) is 55.4 Å². The maximum absolute atomic E-state index is 11.4. The molecule has 0 heterocycles. The van der Waals surface area contributed by atoms with Crippen molar-refractivity contribution in [2.24, 2.45) is 0 Å². The average Bonchev–Trinajstić information content (AvgIpc) is 2.31. The van der Waals surface area contributed by atoms with Crippen molar-refractivity contribution in [1.82, 2.24) is 0 Å². The molecule has 5 heteroatoms. The van der Waals surface area contributed by atoms with Gasteiger partial charge in [-0.1, -0.05) is 0 Å². The molecule has 0 aliphatic rings. The molecule has 0 spiro atoms. The first kappa shape index (κ1) is 13.3. The minimum atomic E-state index is -0.547. The van der Waals surface area contributed by atoms with E-state index in [9.17, 15) is 9.59 Å². The Hall–Kier alpha value is -1.80. The van der Waals surface area contributed by atoms with E-state index >= 15 is 0 Å². The number of amides is 1. The summed E-state index contributed by atoms with van der Waals surface area (Å²) in [5.74, 6) is 0.975. The summed E-state index contributed by atoms with van der Waals surface area (Å²) in [4.78, 5) is 22.4. The number of hydrogen-bond acceptors (Lipinski definition) is 3. The van der Waals surface area contributed by atoms with Gasteiger partial charge in [0.1, 0.15) is 0 Å².